The van der Waals surface area contributed by atoms with E-state index in [2.05, 4.69) is 35.0 Å². The Labute approximate surface area is 164 Å². The lowest BCUT2D eigenvalue weighted by atomic mass is 9.99. The first kappa shape index (κ1) is 18.0. The van der Waals surface area contributed by atoms with E-state index in [1.807, 2.05) is 36.4 Å². The van der Waals surface area contributed by atoms with E-state index in [0.717, 1.165) is 42.5 Å². The van der Waals surface area contributed by atoms with Gasteiger partial charge in [0.05, 0.1) is 11.6 Å². The van der Waals surface area contributed by atoms with Gasteiger partial charge in [0.1, 0.15) is 0 Å². The number of rotatable bonds is 4. The first-order chi connectivity index (χ1) is 13.7. The van der Waals surface area contributed by atoms with Crippen molar-refractivity contribution in [1.29, 1.82) is 5.26 Å². The summed E-state index contributed by atoms with van der Waals surface area (Å²) in [5, 5.41) is 13.9. The van der Waals surface area contributed by atoms with Crippen molar-refractivity contribution in [3.63, 3.8) is 0 Å². The Morgan fingerprint density at radius 1 is 1.11 bits per heavy atom. The Hall–Kier alpha value is -3.42. The number of carbonyl (C=O) groups is 1. The molecule has 3 aromatic rings. The molecule has 0 aliphatic carbocycles. The van der Waals surface area contributed by atoms with Gasteiger partial charge in [0.25, 0.3) is 5.91 Å². The Kier molecular flexibility index (Phi) is 4.92. The Balaban J connectivity index is 1.52. The highest BCUT2D eigenvalue weighted by Gasteiger charge is 2.16. The molecule has 138 valence electrons. The third kappa shape index (κ3) is 3.66. The molecule has 28 heavy (non-hydrogen) atoms. The lowest BCUT2D eigenvalue weighted by Gasteiger charge is -2.28. The van der Waals surface area contributed by atoms with Crippen molar-refractivity contribution in [3.8, 4) is 6.07 Å². The summed E-state index contributed by atoms with van der Waals surface area (Å²) in [4.78, 5) is 15.1. The number of nitrogens with one attached hydrogen (secondary N) is 1. The molecule has 0 spiro atoms. The zero-order valence-corrected chi connectivity index (χ0v) is 15.6. The van der Waals surface area contributed by atoms with E-state index in [9.17, 15) is 4.79 Å². The van der Waals surface area contributed by atoms with Crippen molar-refractivity contribution < 1.29 is 4.79 Å². The minimum atomic E-state index is -0.129. The summed E-state index contributed by atoms with van der Waals surface area (Å²) in [5.74, 6) is -0.129. The van der Waals surface area contributed by atoms with Crippen LogP contribution in [0.1, 0.15) is 27.0 Å². The van der Waals surface area contributed by atoms with Crippen LogP contribution in [0.5, 0.6) is 0 Å². The van der Waals surface area contributed by atoms with Gasteiger partial charge >= 0.3 is 0 Å². The fourth-order valence-corrected chi connectivity index (χ4v) is 3.69. The van der Waals surface area contributed by atoms with Crippen LogP contribution < -0.4 is 5.32 Å². The molecular weight excluding hydrogens is 346 g/mol. The highest BCUT2D eigenvalue weighted by Crippen LogP contribution is 2.24. The molecule has 0 fully saturated rings. The van der Waals surface area contributed by atoms with Gasteiger partial charge in [-0.15, -0.1) is 6.58 Å². The minimum absolute atomic E-state index is 0.129. The largest absolute Gasteiger partial charge is 0.322 e. The van der Waals surface area contributed by atoms with E-state index in [4.69, 9.17) is 5.26 Å². The van der Waals surface area contributed by atoms with Crippen LogP contribution in [0.25, 0.3) is 10.8 Å². The summed E-state index contributed by atoms with van der Waals surface area (Å²) >= 11 is 0. The third-order valence-electron chi connectivity index (χ3n) is 5.17. The molecule has 0 unspecified atom stereocenters. The van der Waals surface area contributed by atoms with E-state index in [-0.39, 0.29) is 5.91 Å². The normalized spacial score (nSPS) is 13.5. The van der Waals surface area contributed by atoms with E-state index in [1.165, 1.54) is 11.1 Å². The van der Waals surface area contributed by atoms with E-state index >= 15 is 0 Å². The standard InChI is InChI=1S/C24H21N3O/c1-2-10-27-11-9-20-14-23(8-7-22(20)16-27)26-24(28)21-6-5-18-12-17(15-25)3-4-19(18)13-21/h2-8,12-14H,1,9-11,16H2,(H,26,28). The fraction of sp³-hybridized carbons (Fsp3) is 0.167. The lowest BCUT2D eigenvalue weighted by molar-refractivity contribution is 0.102. The predicted octanol–water partition coefficient (Wildman–Crippen LogP) is 4.51. The molecule has 1 amide bonds. The topological polar surface area (TPSA) is 56.1 Å². The summed E-state index contributed by atoms with van der Waals surface area (Å²) in [6.45, 7) is 6.64. The Morgan fingerprint density at radius 3 is 2.75 bits per heavy atom. The van der Waals surface area contributed by atoms with Gasteiger partial charge in [-0.2, -0.15) is 5.26 Å². The number of anilines is 1. The van der Waals surface area contributed by atoms with Crippen molar-refractivity contribution >= 4 is 22.4 Å². The van der Waals surface area contributed by atoms with Gasteiger partial charge in [-0.3, -0.25) is 9.69 Å². The Morgan fingerprint density at radius 2 is 1.93 bits per heavy atom. The fourth-order valence-electron chi connectivity index (χ4n) is 3.69. The van der Waals surface area contributed by atoms with E-state index in [1.54, 1.807) is 12.1 Å². The van der Waals surface area contributed by atoms with Gasteiger partial charge < -0.3 is 5.32 Å². The molecular formula is C24H21N3O. The molecule has 0 aromatic heterocycles. The summed E-state index contributed by atoms with van der Waals surface area (Å²) in [6.07, 6.45) is 2.91. The quantitative estimate of drug-likeness (QED) is 0.691. The van der Waals surface area contributed by atoms with Gasteiger partial charge in [-0.05, 0) is 64.7 Å². The maximum Gasteiger partial charge on any atom is 0.255 e. The van der Waals surface area contributed by atoms with Crippen molar-refractivity contribution in [3.05, 3.63) is 89.5 Å². The van der Waals surface area contributed by atoms with Crippen LogP contribution in [0.4, 0.5) is 5.69 Å². The van der Waals surface area contributed by atoms with Crippen LogP contribution in [-0.2, 0) is 13.0 Å². The molecule has 1 aliphatic heterocycles. The third-order valence-corrected chi connectivity index (χ3v) is 5.17. The summed E-state index contributed by atoms with van der Waals surface area (Å²) in [7, 11) is 0. The molecule has 0 radical (unpaired) electrons. The number of carbonyl (C=O) groups excluding carboxylic acids is 1. The number of hydrogen-bond donors (Lipinski definition) is 1. The molecule has 1 heterocycles. The van der Waals surface area contributed by atoms with Crippen LogP contribution >= 0.6 is 0 Å². The monoisotopic (exact) mass is 367 g/mol. The number of nitrogens with zero attached hydrogens (tertiary/aromatic N) is 2. The second kappa shape index (κ2) is 7.67. The van der Waals surface area contributed by atoms with Crippen molar-refractivity contribution in [1.82, 2.24) is 4.90 Å². The molecule has 4 rings (SSSR count). The lowest BCUT2D eigenvalue weighted by Crippen LogP contribution is -2.30. The number of amides is 1. The van der Waals surface area contributed by atoms with Crippen molar-refractivity contribution in [2.75, 3.05) is 18.4 Å². The number of hydrogen-bond acceptors (Lipinski definition) is 3. The van der Waals surface area contributed by atoms with Crippen LogP contribution in [0.3, 0.4) is 0 Å². The van der Waals surface area contributed by atoms with Gasteiger partial charge in [0.15, 0.2) is 0 Å². The van der Waals surface area contributed by atoms with Gasteiger partial charge in [0.2, 0.25) is 0 Å². The van der Waals surface area contributed by atoms with Gasteiger partial charge in [-0.25, -0.2) is 0 Å². The summed E-state index contributed by atoms with van der Waals surface area (Å²) < 4.78 is 0. The highest BCUT2D eigenvalue weighted by molar-refractivity contribution is 6.06. The summed E-state index contributed by atoms with van der Waals surface area (Å²) in [5.41, 5.74) is 4.64. The molecule has 3 aromatic carbocycles. The first-order valence-corrected chi connectivity index (χ1v) is 9.36. The van der Waals surface area contributed by atoms with Crippen LogP contribution in [0, 0.1) is 11.3 Å². The van der Waals surface area contributed by atoms with Crippen LogP contribution in [0.15, 0.2) is 67.3 Å². The second-order valence-electron chi connectivity index (χ2n) is 7.10. The van der Waals surface area contributed by atoms with Gasteiger partial charge in [-0.1, -0.05) is 24.3 Å². The molecule has 4 nitrogen and oxygen atoms in total. The Bertz CT molecular complexity index is 1110. The first-order valence-electron chi connectivity index (χ1n) is 9.36. The minimum Gasteiger partial charge on any atom is -0.322 e. The van der Waals surface area contributed by atoms with Crippen molar-refractivity contribution in [2.45, 2.75) is 13.0 Å². The van der Waals surface area contributed by atoms with Crippen LogP contribution in [-0.4, -0.2) is 23.9 Å². The molecule has 0 saturated carbocycles. The van der Waals surface area contributed by atoms with E-state index < -0.39 is 0 Å². The molecule has 0 atom stereocenters. The molecule has 1 N–H and O–H groups in total. The number of fused-ring (bicyclic) bond motifs is 2. The molecule has 0 bridgehead atoms. The molecule has 0 saturated heterocycles. The average molecular weight is 367 g/mol. The number of nitriles is 1. The summed E-state index contributed by atoms with van der Waals surface area (Å²) in [6, 6.07) is 19.3. The maximum atomic E-state index is 12.7. The van der Waals surface area contributed by atoms with Gasteiger partial charge in [0, 0.05) is 30.9 Å². The molecule has 4 heteroatoms. The SMILES string of the molecule is C=CCN1CCc2cc(NC(=O)c3ccc4cc(C#N)ccc4c3)ccc2C1. The average Bonchev–Trinajstić information content (AvgIpc) is 2.73. The zero-order valence-electron chi connectivity index (χ0n) is 15.6. The van der Waals surface area contributed by atoms with E-state index in [0.29, 0.717) is 11.1 Å². The predicted molar refractivity (Wildman–Crippen MR) is 112 cm³/mol. The van der Waals surface area contributed by atoms with Crippen LogP contribution in [0.2, 0.25) is 0 Å². The number of benzene rings is 3. The zero-order chi connectivity index (χ0) is 19.5. The maximum absolute atomic E-state index is 12.7. The smallest absolute Gasteiger partial charge is 0.255 e. The highest BCUT2D eigenvalue weighted by atomic mass is 16.1. The molecule has 1 aliphatic rings. The van der Waals surface area contributed by atoms with Crippen molar-refractivity contribution in [2.24, 2.45) is 0 Å². The second-order valence-corrected chi connectivity index (χ2v) is 7.10.